The molecule has 0 radical (unpaired) electrons. The number of halogens is 2. The van der Waals surface area contributed by atoms with Gasteiger partial charge in [0.1, 0.15) is 6.42 Å². The smallest absolute Gasteiger partial charge is 0.249 e. The molecule has 0 spiro atoms. The van der Waals surface area contributed by atoms with E-state index in [4.69, 9.17) is 32.7 Å². The molecule has 0 aliphatic carbocycles. The van der Waals surface area contributed by atoms with Crippen LogP contribution in [0.4, 0.5) is 0 Å². The topological polar surface area (TPSA) is 89.0 Å². The van der Waals surface area contributed by atoms with Crippen molar-refractivity contribution in [3.8, 4) is 11.5 Å². The molecule has 154 valence electrons. The molecule has 0 heterocycles. The van der Waals surface area contributed by atoms with Crippen molar-refractivity contribution in [1.29, 1.82) is 0 Å². The van der Waals surface area contributed by atoms with Crippen LogP contribution in [0.5, 0.6) is 11.5 Å². The van der Waals surface area contributed by atoms with Crippen LogP contribution >= 0.6 is 23.2 Å². The summed E-state index contributed by atoms with van der Waals surface area (Å²) in [6.07, 6.45) is 1.67. The third kappa shape index (κ3) is 7.29. The normalized spacial score (nSPS) is 10.6. The summed E-state index contributed by atoms with van der Waals surface area (Å²) in [6.45, 7) is 0.383. The molecule has 2 aromatic rings. The monoisotopic (exact) mass is 437 g/mol. The Labute approximate surface area is 179 Å². The summed E-state index contributed by atoms with van der Waals surface area (Å²) in [5.74, 6) is 0.339. The Balaban J connectivity index is 1.73. The standard InChI is InChI=1S/C20H21Cl2N3O4/c1-28-17-6-4-13(10-18(17)29-2)7-8-23-19(26)11-20(27)25-24-12-14-3-5-15(21)16(22)9-14/h3-6,9-10,12H,7-8,11H2,1-2H3,(H,23,26)(H,25,27)/b24-12+. The van der Waals surface area contributed by atoms with Gasteiger partial charge in [-0.25, -0.2) is 5.43 Å². The molecular weight excluding hydrogens is 417 g/mol. The SMILES string of the molecule is COc1ccc(CCNC(=O)CC(=O)N/N=C/c2ccc(Cl)c(Cl)c2)cc1OC. The minimum absolute atomic E-state index is 0.329. The van der Waals surface area contributed by atoms with Crippen molar-refractivity contribution >= 4 is 41.2 Å². The highest BCUT2D eigenvalue weighted by atomic mass is 35.5. The number of hydrogen-bond donors (Lipinski definition) is 2. The van der Waals surface area contributed by atoms with Crippen molar-refractivity contribution in [2.75, 3.05) is 20.8 Å². The van der Waals surface area contributed by atoms with Crippen LogP contribution in [0.15, 0.2) is 41.5 Å². The maximum absolute atomic E-state index is 11.9. The van der Waals surface area contributed by atoms with Crippen LogP contribution in [0.1, 0.15) is 17.5 Å². The number of hydrazone groups is 1. The van der Waals surface area contributed by atoms with Gasteiger partial charge in [0.05, 0.1) is 30.5 Å². The molecule has 2 amide bonds. The fraction of sp³-hybridized carbons (Fsp3) is 0.250. The largest absolute Gasteiger partial charge is 0.493 e. The van der Waals surface area contributed by atoms with E-state index < -0.39 is 11.8 Å². The number of amides is 2. The Morgan fingerprint density at radius 3 is 2.45 bits per heavy atom. The predicted molar refractivity (Wildman–Crippen MR) is 113 cm³/mol. The molecule has 0 aliphatic heterocycles. The molecule has 2 rings (SSSR count). The Bertz CT molecular complexity index is 903. The van der Waals surface area contributed by atoms with Gasteiger partial charge in [-0.2, -0.15) is 5.10 Å². The minimum atomic E-state index is -0.523. The van der Waals surface area contributed by atoms with Gasteiger partial charge >= 0.3 is 0 Å². The van der Waals surface area contributed by atoms with E-state index in [1.165, 1.54) is 6.21 Å². The summed E-state index contributed by atoms with van der Waals surface area (Å²) in [4.78, 5) is 23.7. The summed E-state index contributed by atoms with van der Waals surface area (Å²) < 4.78 is 10.4. The molecule has 7 nitrogen and oxygen atoms in total. The van der Waals surface area contributed by atoms with Crippen molar-refractivity contribution in [3.63, 3.8) is 0 Å². The third-order valence-corrected chi connectivity index (χ3v) is 4.59. The van der Waals surface area contributed by atoms with Crippen LogP contribution in [0.25, 0.3) is 0 Å². The zero-order chi connectivity index (χ0) is 21.2. The number of rotatable bonds is 9. The van der Waals surface area contributed by atoms with Crippen molar-refractivity contribution in [1.82, 2.24) is 10.7 Å². The molecule has 0 aliphatic rings. The quantitative estimate of drug-likeness (QED) is 0.358. The lowest BCUT2D eigenvalue weighted by molar-refractivity contribution is -0.129. The Morgan fingerprint density at radius 2 is 1.76 bits per heavy atom. The number of methoxy groups -OCH3 is 2. The summed E-state index contributed by atoms with van der Waals surface area (Å²) in [6, 6.07) is 10.5. The van der Waals surface area contributed by atoms with E-state index in [2.05, 4.69) is 15.8 Å². The minimum Gasteiger partial charge on any atom is -0.493 e. The first kappa shape index (κ1) is 22.5. The van der Waals surface area contributed by atoms with Crippen molar-refractivity contribution < 1.29 is 19.1 Å². The van der Waals surface area contributed by atoms with Gasteiger partial charge in [-0.3, -0.25) is 9.59 Å². The lowest BCUT2D eigenvalue weighted by Crippen LogP contribution is -2.31. The molecule has 9 heteroatoms. The maximum atomic E-state index is 11.9. The molecule has 0 fully saturated rings. The Morgan fingerprint density at radius 1 is 1.00 bits per heavy atom. The molecule has 29 heavy (non-hydrogen) atoms. The van der Waals surface area contributed by atoms with Gasteiger partial charge in [0.25, 0.3) is 0 Å². The van der Waals surface area contributed by atoms with Gasteiger partial charge in [-0.05, 0) is 41.8 Å². The maximum Gasteiger partial charge on any atom is 0.249 e. The van der Waals surface area contributed by atoms with Gasteiger partial charge < -0.3 is 14.8 Å². The molecular formula is C20H21Cl2N3O4. The molecule has 2 N–H and O–H groups in total. The second kappa shape index (κ2) is 11.3. The Kier molecular flexibility index (Phi) is 8.76. The van der Waals surface area contributed by atoms with E-state index in [1.807, 2.05) is 12.1 Å². The van der Waals surface area contributed by atoms with E-state index >= 15 is 0 Å². The Hall–Kier alpha value is -2.77. The molecule has 0 aromatic heterocycles. The highest BCUT2D eigenvalue weighted by Gasteiger charge is 2.09. The van der Waals surface area contributed by atoms with Gasteiger partial charge in [-0.1, -0.05) is 35.3 Å². The van der Waals surface area contributed by atoms with Crippen LogP contribution < -0.4 is 20.2 Å². The summed E-state index contributed by atoms with van der Waals surface area (Å²) in [7, 11) is 3.13. The van der Waals surface area contributed by atoms with Crippen LogP contribution in [-0.2, 0) is 16.0 Å². The highest BCUT2D eigenvalue weighted by Crippen LogP contribution is 2.27. The van der Waals surface area contributed by atoms with Crippen LogP contribution in [-0.4, -0.2) is 38.8 Å². The van der Waals surface area contributed by atoms with Gasteiger partial charge in [0, 0.05) is 6.54 Å². The summed E-state index contributed by atoms with van der Waals surface area (Å²) in [5, 5.41) is 7.30. The molecule has 0 unspecified atom stereocenters. The van der Waals surface area contributed by atoms with Crippen molar-refractivity contribution in [2.45, 2.75) is 12.8 Å². The molecule has 0 saturated heterocycles. The number of benzene rings is 2. The molecule has 2 aromatic carbocycles. The van der Waals surface area contributed by atoms with E-state index in [-0.39, 0.29) is 6.42 Å². The first-order chi connectivity index (χ1) is 13.9. The second-order valence-electron chi connectivity index (χ2n) is 5.93. The van der Waals surface area contributed by atoms with Gasteiger partial charge in [-0.15, -0.1) is 0 Å². The lowest BCUT2D eigenvalue weighted by Gasteiger charge is -2.10. The zero-order valence-corrected chi connectivity index (χ0v) is 17.5. The number of nitrogens with zero attached hydrogens (tertiary/aromatic N) is 1. The van der Waals surface area contributed by atoms with Gasteiger partial charge in [0.2, 0.25) is 11.8 Å². The van der Waals surface area contributed by atoms with E-state index in [9.17, 15) is 9.59 Å². The average Bonchev–Trinajstić information content (AvgIpc) is 2.70. The molecule has 0 saturated carbocycles. The van der Waals surface area contributed by atoms with Crippen LogP contribution in [0, 0.1) is 0 Å². The fourth-order valence-electron chi connectivity index (χ4n) is 2.40. The lowest BCUT2D eigenvalue weighted by atomic mass is 10.1. The predicted octanol–water partition coefficient (Wildman–Crippen LogP) is 3.21. The highest BCUT2D eigenvalue weighted by molar-refractivity contribution is 6.42. The number of carbonyl (C=O) groups excluding carboxylic acids is 2. The van der Waals surface area contributed by atoms with Gasteiger partial charge in [0.15, 0.2) is 11.5 Å². The average molecular weight is 438 g/mol. The second-order valence-corrected chi connectivity index (χ2v) is 6.75. The number of carbonyl (C=O) groups is 2. The first-order valence-corrected chi connectivity index (χ1v) is 9.43. The van der Waals surface area contributed by atoms with Crippen LogP contribution in [0.2, 0.25) is 10.0 Å². The number of hydrogen-bond acceptors (Lipinski definition) is 5. The van der Waals surface area contributed by atoms with E-state index in [0.29, 0.717) is 40.1 Å². The third-order valence-electron chi connectivity index (χ3n) is 3.85. The molecule has 0 bridgehead atoms. The zero-order valence-electron chi connectivity index (χ0n) is 16.0. The summed E-state index contributed by atoms with van der Waals surface area (Å²) in [5.41, 5.74) is 3.93. The first-order valence-electron chi connectivity index (χ1n) is 8.67. The fourth-order valence-corrected chi connectivity index (χ4v) is 2.71. The van der Waals surface area contributed by atoms with E-state index in [1.54, 1.807) is 38.5 Å². The van der Waals surface area contributed by atoms with Crippen molar-refractivity contribution in [3.05, 3.63) is 57.6 Å². The van der Waals surface area contributed by atoms with Crippen molar-refractivity contribution in [2.24, 2.45) is 5.10 Å². The summed E-state index contributed by atoms with van der Waals surface area (Å²) >= 11 is 11.7. The number of nitrogens with one attached hydrogen (secondary N) is 2. The van der Waals surface area contributed by atoms with Crippen LogP contribution in [0.3, 0.4) is 0 Å². The van der Waals surface area contributed by atoms with E-state index in [0.717, 1.165) is 5.56 Å². The number of ether oxygens (including phenoxy) is 2. The molecule has 0 atom stereocenters.